The molecule has 1 aromatic heterocycles. The Bertz CT molecular complexity index is 611. The van der Waals surface area contributed by atoms with E-state index in [1.165, 1.54) is 7.11 Å². The van der Waals surface area contributed by atoms with Crippen LogP contribution < -0.4 is 11.1 Å². The van der Waals surface area contributed by atoms with Crippen molar-refractivity contribution in [3.05, 3.63) is 24.1 Å². The highest BCUT2D eigenvalue weighted by molar-refractivity contribution is 5.96. The third-order valence-electron chi connectivity index (χ3n) is 2.90. The Morgan fingerprint density at radius 3 is 2.95 bits per heavy atom. The first kappa shape index (κ1) is 15.4. The molecule has 0 fully saturated rings. The van der Waals surface area contributed by atoms with E-state index in [1.807, 2.05) is 0 Å². The number of amides is 1. The van der Waals surface area contributed by atoms with Crippen molar-refractivity contribution < 1.29 is 18.7 Å². The second-order valence-corrected chi connectivity index (χ2v) is 4.58. The summed E-state index contributed by atoms with van der Waals surface area (Å²) in [5.74, 6) is 0.297. The van der Waals surface area contributed by atoms with Crippen molar-refractivity contribution in [2.75, 3.05) is 32.8 Å². The van der Waals surface area contributed by atoms with Crippen molar-refractivity contribution >= 4 is 22.7 Å². The number of ether oxygens (including phenoxy) is 2. The van der Waals surface area contributed by atoms with Gasteiger partial charge in [-0.1, -0.05) is 0 Å². The van der Waals surface area contributed by atoms with E-state index < -0.39 is 6.04 Å². The van der Waals surface area contributed by atoms with Gasteiger partial charge >= 0.3 is 0 Å². The lowest BCUT2D eigenvalue weighted by Crippen LogP contribution is -2.39. The van der Waals surface area contributed by atoms with Gasteiger partial charge in [0.15, 0.2) is 11.5 Å². The molecule has 0 aliphatic heterocycles. The Kier molecular flexibility index (Phi) is 5.26. The molecular formula is C14H19N3O4. The van der Waals surface area contributed by atoms with E-state index in [-0.39, 0.29) is 12.5 Å². The number of nitrogens with one attached hydrogen (secondary N) is 1. The number of methoxy groups -OCH3 is 2. The van der Waals surface area contributed by atoms with E-state index in [2.05, 4.69) is 10.3 Å². The van der Waals surface area contributed by atoms with Gasteiger partial charge < -0.3 is 24.9 Å². The number of hydrogen-bond acceptors (Lipinski definition) is 6. The van der Waals surface area contributed by atoms with Gasteiger partial charge in [0, 0.05) is 26.3 Å². The van der Waals surface area contributed by atoms with Gasteiger partial charge in [0.25, 0.3) is 0 Å². The maximum atomic E-state index is 11.8. The van der Waals surface area contributed by atoms with Crippen LogP contribution in [0, 0.1) is 0 Å². The standard InChI is InChI=1S/C14H19N3O4/c1-19-6-5-13-17-11-7-9(3-4-12(11)21-13)16-14(18)10(15)8-20-2/h3-4,7,10H,5-6,8,15H2,1-2H3,(H,16,18). The zero-order chi connectivity index (χ0) is 15.2. The van der Waals surface area contributed by atoms with Gasteiger partial charge in [-0.15, -0.1) is 0 Å². The molecule has 114 valence electrons. The number of fused-ring (bicyclic) bond motifs is 1. The third kappa shape index (κ3) is 4.01. The quantitative estimate of drug-likeness (QED) is 0.787. The summed E-state index contributed by atoms with van der Waals surface area (Å²) in [4.78, 5) is 16.2. The molecule has 2 aromatic rings. The molecule has 21 heavy (non-hydrogen) atoms. The van der Waals surface area contributed by atoms with Crippen LogP contribution in [0.15, 0.2) is 22.6 Å². The molecule has 1 aromatic carbocycles. The lowest BCUT2D eigenvalue weighted by Gasteiger charge is -2.10. The minimum absolute atomic E-state index is 0.166. The highest BCUT2D eigenvalue weighted by Gasteiger charge is 2.14. The summed E-state index contributed by atoms with van der Waals surface area (Å²) in [6.07, 6.45) is 0.603. The summed E-state index contributed by atoms with van der Waals surface area (Å²) in [6, 6.07) is 4.54. The Labute approximate surface area is 122 Å². The molecule has 1 amide bonds. The summed E-state index contributed by atoms with van der Waals surface area (Å²) in [7, 11) is 3.12. The van der Waals surface area contributed by atoms with Crippen LogP contribution >= 0.6 is 0 Å². The van der Waals surface area contributed by atoms with Crippen LogP contribution in [0.25, 0.3) is 11.1 Å². The second kappa shape index (κ2) is 7.16. The molecule has 0 aliphatic rings. The van der Waals surface area contributed by atoms with Crippen molar-refractivity contribution in [3.63, 3.8) is 0 Å². The van der Waals surface area contributed by atoms with Crippen LogP contribution in [0.2, 0.25) is 0 Å². The third-order valence-corrected chi connectivity index (χ3v) is 2.90. The molecule has 0 saturated carbocycles. The number of oxazole rings is 1. The SMILES string of the molecule is COCCc1nc2cc(NC(=O)C(N)COC)ccc2o1. The lowest BCUT2D eigenvalue weighted by molar-refractivity contribution is -0.118. The fourth-order valence-electron chi connectivity index (χ4n) is 1.84. The summed E-state index contributed by atoms with van der Waals surface area (Å²) in [5, 5.41) is 2.72. The Morgan fingerprint density at radius 2 is 2.24 bits per heavy atom. The van der Waals surface area contributed by atoms with Gasteiger partial charge in [0.1, 0.15) is 11.6 Å². The van der Waals surface area contributed by atoms with E-state index in [0.29, 0.717) is 35.7 Å². The highest BCUT2D eigenvalue weighted by Crippen LogP contribution is 2.20. The smallest absolute Gasteiger partial charge is 0.243 e. The van der Waals surface area contributed by atoms with E-state index in [0.717, 1.165) is 0 Å². The lowest BCUT2D eigenvalue weighted by atomic mass is 10.2. The number of carbonyl (C=O) groups is 1. The van der Waals surface area contributed by atoms with E-state index in [9.17, 15) is 4.79 Å². The summed E-state index contributed by atoms with van der Waals surface area (Å²) < 4.78 is 15.4. The van der Waals surface area contributed by atoms with Crippen LogP contribution in [0.5, 0.6) is 0 Å². The van der Waals surface area contributed by atoms with Crippen LogP contribution in [0.1, 0.15) is 5.89 Å². The maximum Gasteiger partial charge on any atom is 0.243 e. The van der Waals surface area contributed by atoms with Gasteiger partial charge in [-0.05, 0) is 18.2 Å². The first-order chi connectivity index (χ1) is 10.1. The highest BCUT2D eigenvalue weighted by atomic mass is 16.5. The molecule has 2 rings (SSSR count). The number of nitrogens with two attached hydrogens (primary N) is 1. The van der Waals surface area contributed by atoms with Crippen molar-refractivity contribution in [2.45, 2.75) is 12.5 Å². The average Bonchev–Trinajstić information content (AvgIpc) is 2.87. The molecule has 1 unspecified atom stereocenters. The predicted octanol–water partition coefficient (Wildman–Crippen LogP) is 0.929. The van der Waals surface area contributed by atoms with Crippen molar-refractivity contribution in [2.24, 2.45) is 5.73 Å². The topological polar surface area (TPSA) is 99.6 Å². The van der Waals surface area contributed by atoms with Crippen molar-refractivity contribution in [1.82, 2.24) is 4.98 Å². The summed E-state index contributed by atoms with van der Waals surface area (Å²) >= 11 is 0. The number of benzene rings is 1. The molecular weight excluding hydrogens is 274 g/mol. The zero-order valence-corrected chi connectivity index (χ0v) is 12.1. The van der Waals surface area contributed by atoms with Gasteiger partial charge in [-0.25, -0.2) is 4.98 Å². The van der Waals surface area contributed by atoms with Crippen LogP contribution in [0.3, 0.4) is 0 Å². The summed E-state index contributed by atoms with van der Waals surface area (Å²) in [6.45, 7) is 0.710. The predicted molar refractivity (Wildman–Crippen MR) is 78.1 cm³/mol. The molecule has 7 nitrogen and oxygen atoms in total. The zero-order valence-electron chi connectivity index (χ0n) is 12.1. The van der Waals surface area contributed by atoms with Crippen LogP contribution in [-0.4, -0.2) is 44.4 Å². The fraction of sp³-hybridized carbons (Fsp3) is 0.429. The number of hydrogen-bond donors (Lipinski definition) is 2. The van der Waals surface area contributed by atoms with Crippen molar-refractivity contribution in [1.29, 1.82) is 0 Å². The largest absolute Gasteiger partial charge is 0.441 e. The van der Waals surface area contributed by atoms with Gasteiger partial charge in [0.05, 0.1) is 13.2 Å². The molecule has 3 N–H and O–H groups in total. The molecule has 7 heteroatoms. The number of nitrogens with zero attached hydrogens (tertiary/aromatic N) is 1. The van der Waals surface area contributed by atoms with E-state index in [4.69, 9.17) is 19.6 Å². The number of carbonyl (C=O) groups excluding carboxylic acids is 1. The van der Waals surface area contributed by atoms with E-state index in [1.54, 1.807) is 25.3 Å². The normalized spacial score (nSPS) is 12.5. The molecule has 0 aliphatic carbocycles. The average molecular weight is 293 g/mol. The Morgan fingerprint density at radius 1 is 1.43 bits per heavy atom. The molecule has 0 bridgehead atoms. The van der Waals surface area contributed by atoms with Crippen molar-refractivity contribution in [3.8, 4) is 0 Å². The molecule has 1 heterocycles. The summed E-state index contributed by atoms with van der Waals surface area (Å²) in [5.41, 5.74) is 7.63. The van der Waals surface area contributed by atoms with Gasteiger partial charge in [0.2, 0.25) is 5.91 Å². The fourth-order valence-corrected chi connectivity index (χ4v) is 1.84. The molecule has 1 atom stereocenters. The molecule has 0 radical (unpaired) electrons. The van der Waals surface area contributed by atoms with Gasteiger partial charge in [-0.3, -0.25) is 4.79 Å². The number of aromatic nitrogens is 1. The van der Waals surface area contributed by atoms with Gasteiger partial charge in [-0.2, -0.15) is 0 Å². The first-order valence-electron chi connectivity index (χ1n) is 6.58. The monoisotopic (exact) mass is 293 g/mol. The van der Waals surface area contributed by atoms with Crippen LogP contribution in [0.4, 0.5) is 5.69 Å². The van der Waals surface area contributed by atoms with E-state index >= 15 is 0 Å². The Hall–Kier alpha value is -1.96. The minimum atomic E-state index is -0.708. The second-order valence-electron chi connectivity index (χ2n) is 4.58. The van der Waals surface area contributed by atoms with Crippen LogP contribution in [-0.2, 0) is 20.7 Å². The molecule has 0 saturated heterocycles. The minimum Gasteiger partial charge on any atom is -0.441 e. The first-order valence-corrected chi connectivity index (χ1v) is 6.58. The number of anilines is 1. The number of rotatable bonds is 7. The molecule has 0 spiro atoms. The maximum absolute atomic E-state index is 11.8. The Balaban J connectivity index is 2.09.